The van der Waals surface area contributed by atoms with Crippen molar-refractivity contribution in [2.45, 2.75) is 98.5 Å². The molecule has 12 nitrogen and oxygen atoms in total. The molecule has 0 aliphatic carbocycles. The molecule has 1 aromatic carbocycles. The quantitative estimate of drug-likeness (QED) is 0.205. The van der Waals surface area contributed by atoms with E-state index in [0.29, 0.717) is 52.9 Å². The molecule has 0 saturated carbocycles. The van der Waals surface area contributed by atoms with Gasteiger partial charge in [-0.15, -0.1) is 0 Å². The average molecular weight is 663 g/mol. The van der Waals surface area contributed by atoms with Crippen LogP contribution in [-0.2, 0) is 25.4 Å². The van der Waals surface area contributed by atoms with Crippen LogP contribution >= 0.6 is 0 Å². The summed E-state index contributed by atoms with van der Waals surface area (Å²) in [7, 11) is 1.59. The first-order valence-electron chi connectivity index (χ1n) is 16.0. The number of carbonyl (C=O) groups is 2. The number of hydrogen-bond donors (Lipinski definition) is 0. The molecule has 1 fully saturated rings. The SMILES string of the molecule is COCCc1cc2c(C#N)c(N(C(=O)OC(C)(C)C)C(=O)OC(C)(C)C)n(-c3c(C)c(F)cc4c3cnn4C3CCCCO3)c2nc1C. The van der Waals surface area contributed by atoms with Crippen LogP contribution in [0.3, 0.4) is 0 Å². The number of ether oxygens (including phenoxy) is 4. The van der Waals surface area contributed by atoms with Crippen molar-refractivity contribution < 1.29 is 32.9 Å². The average Bonchev–Trinajstić information content (AvgIpc) is 3.53. The zero-order chi connectivity index (χ0) is 35.1. The van der Waals surface area contributed by atoms with E-state index < -0.39 is 35.4 Å². The Morgan fingerprint density at radius 3 is 2.31 bits per heavy atom. The number of nitriles is 1. The van der Waals surface area contributed by atoms with E-state index in [9.17, 15) is 14.9 Å². The summed E-state index contributed by atoms with van der Waals surface area (Å²) in [6.07, 6.45) is 2.10. The molecule has 1 aliphatic rings. The van der Waals surface area contributed by atoms with Gasteiger partial charge in [-0.3, -0.25) is 4.57 Å². The van der Waals surface area contributed by atoms with E-state index in [2.05, 4.69) is 11.2 Å². The zero-order valence-corrected chi connectivity index (χ0v) is 29.1. The van der Waals surface area contributed by atoms with Gasteiger partial charge in [0.05, 0.1) is 24.0 Å². The van der Waals surface area contributed by atoms with Crippen LogP contribution in [0, 0.1) is 31.0 Å². The Kier molecular flexibility index (Phi) is 9.54. The Morgan fingerprint density at radius 2 is 1.75 bits per heavy atom. The van der Waals surface area contributed by atoms with Crippen molar-refractivity contribution in [1.82, 2.24) is 19.3 Å². The van der Waals surface area contributed by atoms with Crippen LogP contribution in [0.25, 0.3) is 27.6 Å². The summed E-state index contributed by atoms with van der Waals surface area (Å²) < 4.78 is 42.0. The molecule has 13 heteroatoms. The number of halogens is 1. The van der Waals surface area contributed by atoms with Gasteiger partial charge in [-0.2, -0.15) is 15.3 Å². The summed E-state index contributed by atoms with van der Waals surface area (Å²) in [6.45, 7) is 14.3. The fourth-order valence-electron chi connectivity index (χ4n) is 5.86. The summed E-state index contributed by atoms with van der Waals surface area (Å²) in [5.74, 6) is -0.751. The van der Waals surface area contributed by atoms with Crippen molar-refractivity contribution >= 4 is 39.9 Å². The number of rotatable bonds is 6. The fourth-order valence-corrected chi connectivity index (χ4v) is 5.86. The van der Waals surface area contributed by atoms with Gasteiger partial charge in [-0.05, 0) is 92.7 Å². The van der Waals surface area contributed by atoms with Crippen molar-refractivity contribution in [3.63, 3.8) is 0 Å². The molecule has 3 aromatic heterocycles. The molecule has 4 aromatic rings. The van der Waals surface area contributed by atoms with Gasteiger partial charge in [0.15, 0.2) is 12.0 Å². The largest absolute Gasteiger partial charge is 0.443 e. The van der Waals surface area contributed by atoms with E-state index in [0.717, 1.165) is 18.4 Å². The van der Waals surface area contributed by atoms with E-state index in [1.54, 1.807) is 72.5 Å². The Bertz CT molecular complexity index is 1890. The number of carbonyl (C=O) groups excluding carboxylic acids is 2. The third-order valence-corrected chi connectivity index (χ3v) is 7.98. The smallest absolute Gasteiger partial charge is 0.425 e. The van der Waals surface area contributed by atoms with E-state index in [4.69, 9.17) is 23.9 Å². The van der Waals surface area contributed by atoms with Gasteiger partial charge in [0.2, 0.25) is 0 Å². The van der Waals surface area contributed by atoms with Gasteiger partial charge in [-0.25, -0.2) is 23.6 Å². The number of imide groups is 1. The molecule has 1 saturated heterocycles. The number of aryl methyl sites for hydroxylation is 1. The number of hydrogen-bond acceptors (Lipinski definition) is 9. The van der Waals surface area contributed by atoms with Crippen molar-refractivity contribution in [1.29, 1.82) is 5.26 Å². The molecular formula is C35H43FN6O6. The molecule has 4 heterocycles. The first-order chi connectivity index (χ1) is 22.6. The fraction of sp³-hybridized carbons (Fsp3) is 0.514. The topological polar surface area (TPSA) is 134 Å². The molecule has 2 amide bonds. The maximum Gasteiger partial charge on any atom is 0.425 e. The van der Waals surface area contributed by atoms with Crippen molar-refractivity contribution in [3.8, 4) is 11.8 Å². The number of aromatic nitrogens is 4. The molecule has 256 valence electrons. The molecule has 0 bridgehead atoms. The lowest BCUT2D eigenvalue weighted by Crippen LogP contribution is -2.45. The van der Waals surface area contributed by atoms with Gasteiger partial charge in [-0.1, -0.05) is 0 Å². The number of benzene rings is 1. The molecule has 0 N–H and O–H groups in total. The number of fused-ring (bicyclic) bond motifs is 2. The molecule has 1 unspecified atom stereocenters. The molecule has 48 heavy (non-hydrogen) atoms. The predicted octanol–water partition coefficient (Wildman–Crippen LogP) is 7.57. The zero-order valence-electron chi connectivity index (χ0n) is 29.1. The summed E-state index contributed by atoms with van der Waals surface area (Å²) in [5.41, 5.74) is 0.454. The maximum absolute atomic E-state index is 16.1. The molecule has 0 spiro atoms. The lowest BCUT2D eigenvalue weighted by atomic mass is 10.1. The second kappa shape index (κ2) is 13.2. The first-order valence-corrected chi connectivity index (χ1v) is 16.0. The third kappa shape index (κ3) is 6.73. The molecular weight excluding hydrogens is 619 g/mol. The summed E-state index contributed by atoms with van der Waals surface area (Å²) in [4.78, 5) is 33.7. The molecule has 1 aliphatic heterocycles. The Balaban J connectivity index is 1.92. The minimum absolute atomic E-state index is 0.0484. The van der Waals surface area contributed by atoms with Gasteiger partial charge < -0.3 is 18.9 Å². The highest BCUT2D eigenvalue weighted by Crippen LogP contribution is 2.41. The van der Waals surface area contributed by atoms with Crippen molar-refractivity contribution in [2.75, 3.05) is 25.2 Å². The monoisotopic (exact) mass is 662 g/mol. The van der Waals surface area contributed by atoms with Crippen molar-refractivity contribution in [3.05, 3.63) is 46.5 Å². The standard InChI is InChI=1S/C35H43FN6O6/c1-20-26(36)17-27-25(19-38-42(27)28-12-10-11-14-46-28)29(20)40-30-23(16-22(13-15-45-9)21(2)39-30)24(18-37)31(40)41(32(43)47-34(3,4)5)33(44)48-35(6,7)8/h16-17,19,28H,10-15H2,1-9H3. The van der Waals surface area contributed by atoms with E-state index >= 15 is 4.39 Å². The highest BCUT2D eigenvalue weighted by molar-refractivity contribution is 6.13. The Hall–Kier alpha value is -4.54. The number of anilines is 1. The number of methoxy groups -OCH3 is 1. The number of nitrogens with zero attached hydrogens (tertiary/aromatic N) is 6. The van der Waals surface area contributed by atoms with Crippen LogP contribution in [-0.4, -0.2) is 63.0 Å². The van der Waals surface area contributed by atoms with Crippen molar-refractivity contribution in [2.24, 2.45) is 0 Å². The Labute approximate surface area is 279 Å². The van der Waals surface area contributed by atoms with Crippen LogP contribution in [0.5, 0.6) is 0 Å². The van der Waals surface area contributed by atoms with E-state index in [-0.39, 0.29) is 28.3 Å². The summed E-state index contributed by atoms with van der Waals surface area (Å²) in [6, 6.07) is 5.40. The summed E-state index contributed by atoms with van der Waals surface area (Å²) in [5, 5.41) is 16.2. The summed E-state index contributed by atoms with van der Waals surface area (Å²) >= 11 is 0. The first kappa shape index (κ1) is 34.8. The van der Waals surface area contributed by atoms with E-state index in [1.165, 1.54) is 10.6 Å². The number of pyridine rings is 1. The number of amides is 2. The minimum Gasteiger partial charge on any atom is -0.443 e. The second-order valence-electron chi connectivity index (χ2n) is 14.0. The molecule has 1 atom stereocenters. The lowest BCUT2D eigenvalue weighted by Gasteiger charge is -2.29. The predicted molar refractivity (Wildman–Crippen MR) is 178 cm³/mol. The van der Waals surface area contributed by atoms with Crippen LogP contribution in [0.15, 0.2) is 18.3 Å². The Morgan fingerprint density at radius 1 is 1.08 bits per heavy atom. The van der Waals surface area contributed by atoms with Crippen LogP contribution < -0.4 is 4.90 Å². The van der Waals surface area contributed by atoms with Crippen LogP contribution in [0.2, 0.25) is 0 Å². The van der Waals surface area contributed by atoms with E-state index in [1.807, 2.05) is 6.92 Å². The molecule has 5 rings (SSSR count). The minimum atomic E-state index is -1.08. The third-order valence-electron chi connectivity index (χ3n) is 7.98. The highest BCUT2D eigenvalue weighted by Gasteiger charge is 2.39. The normalized spacial score (nSPS) is 15.5. The highest BCUT2D eigenvalue weighted by atomic mass is 19.1. The maximum atomic E-state index is 16.1. The molecule has 0 radical (unpaired) electrons. The lowest BCUT2D eigenvalue weighted by molar-refractivity contribution is -0.0367. The van der Waals surface area contributed by atoms with Crippen LogP contribution in [0.4, 0.5) is 19.8 Å². The van der Waals surface area contributed by atoms with Gasteiger partial charge in [0.1, 0.15) is 34.3 Å². The van der Waals surface area contributed by atoms with Gasteiger partial charge >= 0.3 is 12.2 Å². The van der Waals surface area contributed by atoms with Crippen LogP contribution in [0.1, 0.15) is 89.4 Å². The van der Waals surface area contributed by atoms with Gasteiger partial charge in [0.25, 0.3) is 0 Å². The second-order valence-corrected chi connectivity index (χ2v) is 14.0. The van der Waals surface area contributed by atoms with Gasteiger partial charge in [0, 0.05) is 41.8 Å².